The fourth-order valence-corrected chi connectivity index (χ4v) is 3.35. The summed E-state index contributed by atoms with van der Waals surface area (Å²) in [4.78, 5) is 22.5. The summed E-state index contributed by atoms with van der Waals surface area (Å²) in [5.41, 5.74) is 0. The number of ketones is 2. The van der Waals surface area contributed by atoms with Crippen molar-refractivity contribution in [3.63, 3.8) is 0 Å². The van der Waals surface area contributed by atoms with E-state index in [4.69, 9.17) is 0 Å². The van der Waals surface area contributed by atoms with Crippen LogP contribution in [0.25, 0.3) is 0 Å². The number of carbonyl (C=O) groups is 2. The van der Waals surface area contributed by atoms with Gasteiger partial charge in [0.15, 0.2) is 11.6 Å². The molecule has 0 aromatic carbocycles. The van der Waals surface area contributed by atoms with Crippen molar-refractivity contribution in [2.45, 2.75) is 26.7 Å². The summed E-state index contributed by atoms with van der Waals surface area (Å²) in [5.74, 6) is 1.78. The third kappa shape index (κ3) is 3.24. The van der Waals surface area contributed by atoms with Gasteiger partial charge in [-0.3, -0.25) is 9.59 Å². The zero-order valence-corrected chi connectivity index (χ0v) is 12.2. The Labute approximate surface area is 120 Å². The lowest BCUT2D eigenvalue weighted by Gasteiger charge is -2.34. The maximum Gasteiger partial charge on any atom is 0.178 e. The Balaban J connectivity index is 2.16. The van der Waals surface area contributed by atoms with Crippen LogP contribution in [0.1, 0.15) is 26.7 Å². The monoisotopic (exact) mass is 270 g/mol. The lowest BCUT2D eigenvalue weighted by molar-refractivity contribution is -0.111. The van der Waals surface area contributed by atoms with Crippen LogP contribution in [0.5, 0.6) is 0 Å². The van der Waals surface area contributed by atoms with Gasteiger partial charge in [-0.1, -0.05) is 51.0 Å². The first-order valence-corrected chi connectivity index (χ1v) is 7.46. The van der Waals surface area contributed by atoms with Crippen LogP contribution in [0.2, 0.25) is 0 Å². The summed E-state index contributed by atoms with van der Waals surface area (Å²) in [6.45, 7) is 4.40. The van der Waals surface area contributed by atoms with E-state index >= 15 is 0 Å². The van der Waals surface area contributed by atoms with E-state index in [9.17, 15) is 9.59 Å². The van der Waals surface area contributed by atoms with Crippen molar-refractivity contribution >= 4 is 11.6 Å². The molecule has 0 bridgehead atoms. The molecule has 2 atom stereocenters. The SMILES string of the molecule is CCC(C1C=CC(=O)C=C1)C(CC)C1C=CC(=O)C=C1. The fraction of sp³-hybridized carbons (Fsp3) is 0.444. The largest absolute Gasteiger partial charge is 0.290 e. The molecule has 2 nitrogen and oxygen atoms in total. The second kappa shape index (κ2) is 6.65. The zero-order chi connectivity index (χ0) is 14.5. The van der Waals surface area contributed by atoms with Crippen molar-refractivity contribution in [1.82, 2.24) is 0 Å². The van der Waals surface area contributed by atoms with Crippen LogP contribution in [0.15, 0.2) is 48.6 Å². The van der Waals surface area contributed by atoms with Crippen LogP contribution in [-0.2, 0) is 9.59 Å². The lowest BCUT2D eigenvalue weighted by Crippen LogP contribution is -2.27. The maximum absolute atomic E-state index is 11.3. The van der Waals surface area contributed by atoms with Crippen LogP contribution in [0.4, 0.5) is 0 Å². The van der Waals surface area contributed by atoms with Gasteiger partial charge < -0.3 is 0 Å². The third-order valence-corrected chi connectivity index (χ3v) is 4.41. The molecule has 0 aliphatic heterocycles. The smallest absolute Gasteiger partial charge is 0.178 e. The van der Waals surface area contributed by atoms with Crippen molar-refractivity contribution in [2.24, 2.45) is 23.7 Å². The highest BCUT2D eigenvalue weighted by molar-refractivity contribution is 6.00. The zero-order valence-electron chi connectivity index (χ0n) is 12.2. The molecule has 0 saturated heterocycles. The molecule has 2 aliphatic carbocycles. The molecule has 0 heterocycles. The van der Waals surface area contributed by atoms with Crippen molar-refractivity contribution < 1.29 is 9.59 Å². The molecule has 0 amide bonds. The highest BCUT2D eigenvalue weighted by Crippen LogP contribution is 2.37. The van der Waals surface area contributed by atoms with Crippen LogP contribution in [-0.4, -0.2) is 11.6 Å². The molecule has 2 unspecified atom stereocenters. The average Bonchev–Trinajstić information content (AvgIpc) is 2.47. The molecular formula is C18H22O2. The highest BCUT2D eigenvalue weighted by Gasteiger charge is 2.30. The van der Waals surface area contributed by atoms with Crippen molar-refractivity contribution in [3.05, 3.63) is 48.6 Å². The molecule has 0 radical (unpaired) electrons. The highest BCUT2D eigenvalue weighted by atomic mass is 16.1. The number of carbonyl (C=O) groups excluding carboxylic acids is 2. The van der Waals surface area contributed by atoms with Gasteiger partial charge in [0.1, 0.15) is 0 Å². The van der Waals surface area contributed by atoms with Crippen LogP contribution in [0, 0.1) is 23.7 Å². The molecule has 0 aromatic rings. The first-order valence-electron chi connectivity index (χ1n) is 7.46. The Morgan fingerprint density at radius 3 is 1.30 bits per heavy atom. The first-order chi connectivity index (χ1) is 9.65. The molecule has 0 saturated carbocycles. The van der Waals surface area contributed by atoms with E-state index in [0.717, 1.165) is 12.8 Å². The van der Waals surface area contributed by atoms with Crippen molar-refractivity contribution in [3.8, 4) is 0 Å². The van der Waals surface area contributed by atoms with Crippen molar-refractivity contribution in [1.29, 1.82) is 0 Å². The summed E-state index contributed by atoms with van der Waals surface area (Å²) in [6.07, 6.45) is 17.0. The molecular weight excluding hydrogens is 248 g/mol. The molecule has 0 aromatic heterocycles. The third-order valence-electron chi connectivity index (χ3n) is 4.41. The summed E-state index contributed by atoms with van der Waals surface area (Å²) in [5, 5.41) is 0. The van der Waals surface area contributed by atoms with Gasteiger partial charge in [0.25, 0.3) is 0 Å². The summed E-state index contributed by atoms with van der Waals surface area (Å²) >= 11 is 0. The van der Waals surface area contributed by atoms with E-state index in [-0.39, 0.29) is 11.6 Å². The standard InChI is InChI=1S/C18H22O2/c1-3-17(13-5-9-15(19)10-6-13)18(4-2)14-7-11-16(20)12-8-14/h5-14,17-18H,3-4H2,1-2H3. The van der Waals surface area contributed by atoms with Crippen LogP contribution >= 0.6 is 0 Å². The minimum absolute atomic E-state index is 0.0761. The number of hydrogen-bond acceptors (Lipinski definition) is 2. The fourth-order valence-electron chi connectivity index (χ4n) is 3.35. The molecule has 0 fully saturated rings. The van der Waals surface area contributed by atoms with Gasteiger partial charge in [-0.05, 0) is 48.0 Å². The van der Waals surface area contributed by atoms with E-state index in [1.54, 1.807) is 24.3 Å². The lowest BCUT2D eigenvalue weighted by atomic mass is 9.70. The quantitative estimate of drug-likeness (QED) is 0.764. The minimum Gasteiger partial charge on any atom is -0.290 e. The van der Waals surface area contributed by atoms with Crippen LogP contribution < -0.4 is 0 Å². The van der Waals surface area contributed by atoms with E-state index in [1.807, 2.05) is 24.3 Å². The Hall–Kier alpha value is -1.70. The number of rotatable bonds is 5. The first kappa shape index (κ1) is 14.7. The molecule has 2 heteroatoms. The number of hydrogen-bond donors (Lipinski definition) is 0. The van der Waals surface area contributed by atoms with Gasteiger partial charge >= 0.3 is 0 Å². The molecule has 0 spiro atoms. The van der Waals surface area contributed by atoms with Gasteiger partial charge in [0.05, 0.1) is 0 Å². The average molecular weight is 270 g/mol. The summed E-state index contributed by atoms with van der Waals surface area (Å²) < 4.78 is 0. The van der Waals surface area contributed by atoms with E-state index in [1.165, 1.54) is 0 Å². The van der Waals surface area contributed by atoms with Crippen LogP contribution in [0.3, 0.4) is 0 Å². The summed E-state index contributed by atoms with van der Waals surface area (Å²) in [6, 6.07) is 0. The van der Waals surface area contributed by atoms with Gasteiger partial charge in [-0.15, -0.1) is 0 Å². The molecule has 2 aliphatic rings. The summed E-state index contributed by atoms with van der Waals surface area (Å²) in [7, 11) is 0. The predicted octanol–water partition coefficient (Wildman–Crippen LogP) is 3.66. The Morgan fingerprint density at radius 2 is 1.05 bits per heavy atom. The topological polar surface area (TPSA) is 34.1 Å². The van der Waals surface area contributed by atoms with Gasteiger partial charge in [-0.2, -0.15) is 0 Å². The molecule has 20 heavy (non-hydrogen) atoms. The van der Waals surface area contributed by atoms with Gasteiger partial charge in [0, 0.05) is 0 Å². The number of allylic oxidation sites excluding steroid dienone is 8. The molecule has 2 rings (SSSR count). The van der Waals surface area contributed by atoms with Gasteiger partial charge in [-0.25, -0.2) is 0 Å². The second-order valence-corrected chi connectivity index (χ2v) is 5.54. The van der Waals surface area contributed by atoms with E-state index in [2.05, 4.69) is 13.8 Å². The molecule has 0 N–H and O–H groups in total. The minimum atomic E-state index is 0.0761. The maximum atomic E-state index is 11.3. The Bertz CT molecular complexity index is 416. The van der Waals surface area contributed by atoms with E-state index < -0.39 is 0 Å². The van der Waals surface area contributed by atoms with Crippen molar-refractivity contribution in [2.75, 3.05) is 0 Å². The molecule has 106 valence electrons. The predicted molar refractivity (Wildman–Crippen MR) is 81.1 cm³/mol. The van der Waals surface area contributed by atoms with Gasteiger partial charge in [0.2, 0.25) is 0 Å². The Morgan fingerprint density at radius 1 is 0.750 bits per heavy atom. The Kier molecular flexibility index (Phi) is 4.89. The second-order valence-electron chi connectivity index (χ2n) is 5.54. The van der Waals surface area contributed by atoms with E-state index in [0.29, 0.717) is 23.7 Å². The normalized spacial score (nSPS) is 22.5.